The van der Waals surface area contributed by atoms with Gasteiger partial charge < -0.3 is 14.5 Å². The van der Waals surface area contributed by atoms with Crippen molar-refractivity contribution in [3.63, 3.8) is 0 Å². The molecule has 5 rings (SSSR count). The SMILES string of the molecule is O=S(=O)(c1ccc(Br)cc1)N1CCN(c2ccc(N3CCN(CC4CCCO4)CC3)nn2)CC1. The number of ether oxygens (including phenoxy) is 1. The van der Waals surface area contributed by atoms with Crippen molar-refractivity contribution < 1.29 is 13.2 Å². The van der Waals surface area contributed by atoms with Crippen LogP contribution in [0.25, 0.3) is 0 Å². The maximum atomic E-state index is 12.9. The Balaban J connectivity index is 1.13. The number of nitrogens with zero attached hydrogens (tertiary/aromatic N) is 6. The topological polar surface area (TPSA) is 82.1 Å². The molecule has 2 aromatic rings. The van der Waals surface area contributed by atoms with Crippen LogP contribution in [-0.4, -0.2) is 99.4 Å². The van der Waals surface area contributed by atoms with Gasteiger partial charge in [0.2, 0.25) is 10.0 Å². The zero-order valence-corrected chi connectivity index (χ0v) is 21.6. The lowest BCUT2D eigenvalue weighted by atomic mass is 10.2. The first-order valence-electron chi connectivity index (χ1n) is 11.9. The van der Waals surface area contributed by atoms with E-state index in [9.17, 15) is 8.42 Å². The number of rotatable bonds is 6. The quantitative estimate of drug-likeness (QED) is 0.540. The van der Waals surface area contributed by atoms with E-state index in [0.717, 1.165) is 55.4 Å². The third kappa shape index (κ3) is 5.38. The van der Waals surface area contributed by atoms with Gasteiger partial charge in [-0.05, 0) is 49.2 Å². The summed E-state index contributed by atoms with van der Waals surface area (Å²) in [6.07, 6.45) is 2.76. The van der Waals surface area contributed by atoms with Crippen LogP contribution in [0.2, 0.25) is 0 Å². The minimum absolute atomic E-state index is 0.323. The van der Waals surface area contributed by atoms with E-state index in [4.69, 9.17) is 4.74 Å². The van der Waals surface area contributed by atoms with E-state index in [1.54, 1.807) is 28.6 Å². The number of hydrogen-bond acceptors (Lipinski definition) is 8. The largest absolute Gasteiger partial charge is 0.377 e. The van der Waals surface area contributed by atoms with Crippen LogP contribution in [-0.2, 0) is 14.8 Å². The van der Waals surface area contributed by atoms with E-state index < -0.39 is 10.0 Å². The van der Waals surface area contributed by atoms with Crippen molar-refractivity contribution in [2.45, 2.75) is 23.8 Å². The third-order valence-corrected chi connectivity index (χ3v) is 9.27. The highest BCUT2D eigenvalue weighted by atomic mass is 79.9. The molecule has 1 aromatic heterocycles. The molecule has 0 radical (unpaired) electrons. The smallest absolute Gasteiger partial charge is 0.243 e. The van der Waals surface area contributed by atoms with Crippen molar-refractivity contribution in [1.82, 2.24) is 19.4 Å². The molecule has 34 heavy (non-hydrogen) atoms. The summed E-state index contributed by atoms with van der Waals surface area (Å²) in [6.45, 7) is 7.86. The van der Waals surface area contributed by atoms with E-state index in [2.05, 4.69) is 40.8 Å². The molecule has 184 valence electrons. The summed E-state index contributed by atoms with van der Waals surface area (Å²) >= 11 is 3.35. The summed E-state index contributed by atoms with van der Waals surface area (Å²) in [4.78, 5) is 7.19. The Morgan fingerprint density at radius 1 is 0.853 bits per heavy atom. The molecule has 1 aromatic carbocycles. The molecule has 4 heterocycles. The first-order valence-corrected chi connectivity index (χ1v) is 14.2. The Hall–Kier alpha value is -1.79. The monoisotopic (exact) mass is 550 g/mol. The average molecular weight is 552 g/mol. The van der Waals surface area contributed by atoms with Gasteiger partial charge in [-0.2, -0.15) is 4.31 Å². The van der Waals surface area contributed by atoms with Crippen LogP contribution in [0.15, 0.2) is 45.8 Å². The predicted octanol–water partition coefficient (Wildman–Crippen LogP) is 2.05. The van der Waals surface area contributed by atoms with Crippen LogP contribution >= 0.6 is 15.9 Å². The van der Waals surface area contributed by atoms with Crippen LogP contribution in [0.5, 0.6) is 0 Å². The molecule has 0 spiro atoms. The summed E-state index contributed by atoms with van der Waals surface area (Å²) in [6, 6.07) is 10.8. The molecule has 3 saturated heterocycles. The molecular weight excluding hydrogens is 520 g/mol. The highest BCUT2D eigenvalue weighted by Crippen LogP contribution is 2.23. The van der Waals surface area contributed by atoms with Crippen LogP contribution in [0.3, 0.4) is 0 Å². The number of anilines is 2. The molecule has 3 aliphatic heterocycles. The molecule has 0 aliphatic carbocycles. The molecule has 0 bridgehead atoms. The van der Waals surface area contributed by atoms with Gasteiger partial charge in [-0.3, -0.25) is 4.90 Å². The number of halogens is 1. The highest BCUT2D eigenvalue weighted by Gasteiger charge is 2.29. The molecule has 11 heteroatoms. The summed E-state index contributed by atoms with van der Waals surface area (Å²) in [5.74, 6) is 1.69. The third-order valence-electron chi connectivity index (χ3n) is 6.83. The molecule has 0 N–H and O–H groups in total. The summed E-state index contributed by atoms with van der Waals surface area (Å²) in [5.41, 5.74) is 0. The average Bonchev–Trinajstić information content (AvgIpc) is 3.38. The van der Waals surface area contributed by atoms with Crippen molar-refractivity contribution in [2.24, 2.45) is 0 Å². The fraction of sp³-hybridized carbons (Fsp3) is 0.565. The maximum absolute atomic E-state index is 12.9. The Bertz CT molecular complexity index is 1050. The number of aromatic nitrogens is 2. The molecule has 3 fully saturated rings. The van der Waals surface area contributed by atoms with Crippen molar-refractivity contribution >= 4 is 37.6 Å². The van der Waals surface area contributed by atoms with Gasteiger partial charge in [-0.1, -0.05) is 15.9 Å². The second-order valence-electron chi connectivity index (χ2n) is 9.02. The zero-order valence-electron chi connectivity index (χ0n) is 19.2. The lowest BCUT2D eigenvalue weighted by molar-refractivity contribution is 0.0712. The van der Waals surface area contributed by atoms with Gasteiger partial charge in [-0.15, -0.1) is 10.2 Å². The molecule has 9 nitrogen and oxygen atoms in total. The zero-order chi connectivity index (χ0) is 23.5. The van der Waals surface area contributed by atoms with Gasteiger partial charge in [0.05, 0.1) is 11.0 Å². The number of hydrogen-bond donors (Lipinski definition) is 0. The van der Waals surface area contributed by atoms with Crippen molar-refractivity contribution in [3.05, 3.63) is 40.9 Å². The number of piperazine rings is 2. The van der Waals surface area contributed by atoms with Crippen LogP contribution in [0.1, 0.15) is 12.8 Å². The van der Waals surface area contributed by atoms with E-state index in [1.807, 2.05) is 12.1 Å². The number of benzene rings is 1. The Kier molecular flexibility index (Phi) is 7.35. The highest BCUT2D eigenvalue weighted by molar-refractivity contribution is 9.10. The standard InChI is InChI=1S/C23H31BrN6O3S/c24-19-3-5-21(6-4-19)34(31,32)30-15-13-29(14-16-30)23-8-7-22(25-26-23)28-11-9-27(10-12-28)18-20-2-1-17-33-20/h3-8,20H,1-2,9-18H2. The van der Waals surface area contributed by atoms with Crippen LogP contribution < -0.4 is 9.80 Å². The fourth-order valence-corrected chi connectivity index (χ4v) is 6.49. The van der Waals surface area contributed by atoms with Gasteiger partial charge in [0, 0.05) is 70.0 Å². The van der Waals surface area contributed by atoms with E-state index >= 15 is 0 Å². The maximum Gasteiger partial charge on any atom is 0.243 e. The van der Waals surface area contributed by atoms with Crippen molar-refractivity contribution in [1.29, 1.82) is 0 Å². The first-order chi connectivity index (χ1) is 16.5. The number of sulfonamides is 1. The van der Waals surface area contributed by atoms with Crippen molar-refractivity contribution in [2.75, 3.05) is 75.3 Å². The van der Waals surface area contributed by atoms with Gasteiger partial charge in [-0.25, -0.2) is 8.42 Å². The van der Waals surface area contributed by atoms with Crippen LogP contribution in [0.4, 0.5) is 11.6 Å². The lowest BCUT2D eigenvalue weighted by Crippen LogP contribution is -2.49. The molecule has 1 atom stereocenters. The minimum Gasteiger partial charge on any atom is -0.377 e. The van der Waals surface area contributed by atoms with E-state index in [0.29, 0.717) is 37.2 Å². The van der Waals surface area contributed by atoms with Gasteiger partial charge in [0.25, 0.3) is 0 Å². The first kappa shape index (κ1) is 23.9. The minimum atomic E-state index is -3.49. The normalized spacial score (nSPS) is 22.9. The summed E-state index contributed by atoms with van der Waals surface area (Å²) < 4.78 is 34.0. The molecular formula is C23H31BrN6O3S. The summed E-state index contributed by atoms with van der Waals surface area (Å²) in [7, 11) is -3.49. The van der Waals surface area contributed by atoms with Gasteiger partial charge in [0.15, 0.2) is 11.6 Å². The second kappa shape index (κ2) is 10.4. The Morgan fingerprint density at radius 3 is 1.97 bits per heavy atom. The van der Waals surface area contributed by atoms with Gasteiger partial charge >= 0.3 is 0 Å². The van der Waals surface area contributed by atoms with E-state index in [1.165, 1.54) is 12.8 Å². The fourth-order valence-electron chi connectivity index (χ4n) is 4.80. The summed E-state index contributed by atoms with van der Waals surface area (Å²) in [5, 5.41) is 8.95. The molecule has 0 amide bonds. The van der Waals surface area contributed by atoms with Crippen molar-refractivity contribution in [3.8, 4) is 0 Å². The van der Waals surface area contributed by atoms with Crippen LogP contribution in [0, 0.1) is 0 Å². The van der Waals surface area contributed by atoms with E-state index in [-0.39, 0.29) is 0 Å². The Labute approximate surface area is 209 Å². The Morgan fingerprint density at radius 2 is 1.44 bits per heavy atom. The molecule has 1 unspecified atom stereocenters. The predicted molar refractivity (Wildman–Crippen MR) is 135 cm³/mol. The lowest BCUT2D eigenvalue weighted by Gasteiger charge is -2.36. The van der Waals surface area contributed by atoms with Gasteiger partial charge in [0.1, 0.15) is 0 Å². The molecule has 3 aliphatic rings. The molecule has 0 saturated carbocycles. The second-order valence-corrected chi connectivity index (χ2v) is 11.9.